The summed E-state index contributed by atoms with van der Waals surface area (Å²) < 4.78 is 0. The number of piperazine rings is 1. The lowest BCUT2D eigenvalue weighted by atomic mass is 10.2. The van der Waals surface area contributed by atoms with Gasteiger partial charge in [-0.05, 0) is 19.2 Å². The molecule has 1 aliphatic rings. The Bertz CT molecular complexity index is 321. The minimum Gasteiger partial charge on any atom is -0.506 e. The minimum absolute atomic E-state index is 0.302. The molecule has 1 fully saturated rings. The lowest BCUT2D eigenvalue weighted by Crippen LogP contribution is -2.44. The van der Waals surface area contributed by atoms with Gasteiger partial charge in [0.15, 0.2) is 0 Å². The van der Waals surface area contributed by atoms with Gasteiger partial charge < -0.3 is 10.0 Å². The second kappa shape index (κ2) is 4.59. The molecule has 1 aromatic rings. The first-order chi connectivity index (χ1) is 7.25. The topological polar surface area (TPSA) is 39.6 Å². The third kappa shape index (κ3) is 2.67. The Morgan fingerprint density at radius 2 is 2.07 bits per heavy atom. The fraction of sp³-hybridized carbons (Fsp3) is 0.545. The quantitative estimate of drug-likeness (QED) is 0.768. The lowest BCUT2D eigenvalue weighted by Gasteiger charge is -2.32. The molecule has 1 aliphatic heterocycles. The first-order valence-electron chi connectivity index (χ1n) is 5.29. The van der Waals surface area contributed by atoms with Crippen LogP contribution in [0.1, 0.15) is 5.69 Å². The van der Waals surface area contributed by atoms with E-state index in [0.717, 1.165) is 38.4 Å². The molecule has 0 bridgehead atoms. The Morgan fingerprint density at radius 3 is 2.73 bits per heavy atom. The third-order valence-corrected chi connectivity index (χ3v) is 2.84. The normalized spacial score (nSPS) is 19.3. The summed E-state index contributed by atoms with van der Waals surface area (Å²) in [5.74, 6) is 0.302. The molecule has 0 amide bonds. The summed E-state index contributed by atoms with van der Waals surface area (Å²) in [5.41, 5.74) is 0.780. The molecular weight excluding hydrogens is 190 g/mol. The van der Waals surface area contributed by atoms with Crippen molar-refractivity contribution in [1.82, 2.24) is 14.8 Å². The predicted molar refractivity (Wildman–Crippen MR) is 58.7 cm³/mol. The van der Waals surface area contributed by atoms with Gasteiger partial charge in [0, 0.05) is 38.9 Å². The van der Waals surface area contributed by atoms with Crippen molar-refractivity contribution in [1.29, 1.82) is 0 Å². The van der Waals surface area contributed by atoms with Gasteiger partial charge in [0.1, 0.15) is 5.75 Å². The number of hydrogen-bond donors (Lipinski definition) is 1. The molecular formula is C11H17N3O. The Morgan fingerprint density at radius 1 is 1.33 bits per heavy atom. The molecule has 4 heteroatoms. The maximum Gasteiger partial charge on any atom is 0.138 e. The molecule has 0 atom stereocenters. The first kappa shape index (κ1) is 10.4. The average molecular weight is 207 g/mol. The molecule has 0 spiro atoms. The van der Waals surface area contributed by atoms with Crippen LogP contribution in [0.5, 0.6) is 5.75 Å². The van der Waals surface area contributed by atoms with Gasteiger partial charge in [-0.25, -0.2) is 0 Å². The van der Waals surface area contributed by atoms with Crippen molar-refractivity contribution in [3.8, 4) is 5.75 Å². The molecule has 2 heterocycles. The largest absolute Gasteiger partial charge is 0.506 e. The maximum absolute atomic E-state index is 9.59. The van der Waals surface area contributed by atoms with Gasteiger partial charge in [-0.1, -0.05) is 0 Å². The van der Waals surface area contributed by atoms with Crippen LogP contribution in [-0.2, 0) is 6.54 Å². The van der Waals surface area contributed by atoms with Crippen molar-refractivity contribution in [3.05, 3.63) is 24.0 Å². The van der Waals surface area contributed by atoms with E-state index in [0.29, 0.717) is 5.75 Å². The molecule has 2 rings (SSSR count). The van der Waals surface area contributed by atoms with Gasteiger partial charge in [-0.3, -0.25) is 9.88 Å². The van der Waals surface area contributed by atoms with Crippen LogP contribution in [0.2, 0.25) is 0 Å². The van der Waals surface area contributed by atoms with E-state index >= 15 is 0 Å². The summed E-state index contributed by atoms with van der Waals surface area (Å²) >= 11 is 0. The molecule has 82 valence electrons. The molecule has 1 N–H and O–H groups in total. The SMILES string of the molecule is CN1CCN(Cc2ncccc2O)CC1. The summed E-state index contributed by atoms with van der Waals surface area (Å²) in [7, 11) is 2.13. The summed E-state index contributed by atoms with van der Waals surface area (Å²) in [6, 6.07) is 3.45. The number of aromatic nitrogens is 1. The van der Waals surface area contributed by atoms with Crippen LogP contribution in [0, 0.1) is 0 Å². The monoisotopic (exact) mass is 207 g/mol. The van der Waals surface area contributed by atoms with Gasteiger partial charge in [0.25, 0.3) is 0 Å². The standard InChI is InChI=1S/C11H17N3O/c1-13-5-7-14(8-6-13)9-10-11(15)3-2-4-12-10/h2-4,15H,5-9H2,1H3. The number of aromatic hydroxyl groups is 1. The highest BCUT2D eigenvalue weighted by molar-refractivity contribution is 5.24. The van der Waals surface area contributed by atoms with Crippen LogP contribution >= 0.6 is 0 Å². The zero-order valence-corrected chi connectivity index (χ0v) is 9.06. The Hall–Kier alpha value is -1.13. The van der Waals surface area contributed by atoms with E-state index in [2.05, 4.69) is 21.8 Å². The second-order valence-corrected chi connectivity index (χ2v) is 4.05. The highest BCUT2D eigenvalue weighted by atomic mass is 16.3. The van der Waals surface area contributed by atoms with Crippen molar-refractivity contribution in [2.75, 3.05) is 33.2 Å². The number of nitrogens with zero attached hydrogens (tertiary/aromatic N) is 3. The molecule has 4 nitrogen and oxygen atoms in total. The molecule has 15 heavy (non-hydrogen) atoms. The highest BCUT2D eigenvalue weighted by Gasteiger charge is 2.15. The van der Waals surface area contributed by atoms with Crippen LogP contribution in [0.25, 0.3) is 0 Å². The van der Waals surface area contributed by atoms with E-state index in [9.17, 15) is 5.11 Å². The molecule has 0 aromatic carbocycles. The van der Waals surface area contributed by atoms with Crippen LogP contribution in [-0.4, -0.2) is 53.1 Å². The third-order valence-electron chi connectivity index (χ3n) is 2.84. The number of pyridine rings is 1. The minimum atomic E-state index is 0.302. The van der Waals surface area contributed by atoms with E-state index in [1.807, 2.05) is 0 Å². The van der Waals surface area contributed by atoms with Crippen LogP contribution in [0.3, 0.4) is 0 Å². The lowest BCUT2D eigenvalue weighted by molar-refractivity contribution is 0.146. The maximum atomic E-state index is 9.59. The molecule has 0 saturated carbocycles. The van der Waals surface area contributed by atoms with Crippen molar-refractivity contribution in [2.45, 2.75) is 6.54 Å². The van der Waals surface area contributed by atoms with E-state index < -0.39 is 0 Å². The van der Waals surface area contributed by atoms with E-state index in [-0.39, 0.29) is 0 Å². The van der Waals surface area contributed by atoms with Gasteiger partial charge in [0.2, 0.25) is 0 Å². The Balaban J connectivity index is 1.95. The summed E-state index contributed by atoms with van der Waals surface area (Å²) in [4.78, 5) is 8.82. The molecule has 0 unspecified atom stereocenters. The zero-order valence-electron chi connectivity index (χ0n) is 9.06. The van der Waals surface area contributed by atoms with Crippen LogP contribution in [0.4, 0.5) is 0 Å². The molecule has 1 aromatic heterocycles. The summed E-state index contributed by atoms with van der Waals surface area (Å²) in [5, 5.41) is 9.59. The van der Waals surface area contributed by atoms with Gasteiger partial charge >= 0.3 is 0 Å². The van der Waals surface area contributed by atoms with Crippen LogP contribution < -0.4 is 0 Å². The summed E-state index contributed by atoms with van der Waals surface area (Å²) in [6.45, 7) is 5.03. The van der Waals surface area contributed by atoms with Gasteiger partial charge in [-0.2, -0.15) is 0 Å². The number of hydrogen-bond acceptors (Lipinski definition) is 4. The van der Waals surface area contributed by atoms with E-state index in [1.165, 1.54) is 0 Å². The van der Waals surface area contributed by atoms with Crippen molar-refractivity contribution in [2.24, 2.45) is 0 Å². The number of rotatable bonds is 2. The average Bonchev–Trinajstić information content (AvgIpc) is 2.25. The summed E-state index contributed by atoms with van der Waals surface area (Å²) in [6.07, 6.45) is 1.73. The Labute approximate surface area is 90.1 Å². The number of likely N-dealkylation sites (N-methyl/N-ethyl adjacent to an activating group) is 1. The van der Waals surface area contributed by atoms with E-state index in [4.69, 9.17) is 0 Å². The van der Waals surface area contributed by atoms with Gasteiger partial charge in [-0.15, -0.1) is 0 Å². The van der Waals surface area contributed by atoms with Crippen molar-refractivity contribution >= 4 is 0 Å². The first-order valence-corrected chi connectivity index (χ1v) is 5.29. The fourth-order valence-electron chi connectivity index (χ4n) is 1.77. The zero-order chi connectivity index (χ0) is 10.7. The van der Waals surface area contributed by atoms with E-state index in [1.54, 1.807) is 18.3 Å². The molecule has 0 aliphatic carbocycles. The van der Waals surface area contributed by atoms with Gasteiger partial charge in [0.05, 0.1) is 5.69 Å². The fourth-order valence-corrected chi connectivity index (χ4v) is 1.77. The Kier molecular flexibility index (Phi) is 3.18. The van der Waals surface area contributed by atoms with Crippen molar-refractivity contribution in [3.63, 3.8) is 0 Å². The predicted octanol–water partition coefficient (Wildman–Crippen LogP) is 0.535. The molecule has 1 saturated heterocycles. The molecule has 0 radical (unpaired) electrons. The second-order valence-electron chi connectivity index (χ2n) is 4.05. The smallest absolute Gasteiger partial charge is 0.138 e. The van der Waals surface area contributed by atoms with Crippen LogP contribution in [0.15, 0.2) is 18.3 Å². The van der Waals surface area contributed by atoms with Crippen molar-refractivity contribution < 1.29 is 5.11 Å². The highest BCUT2D eigenvalue weighted by Crippen LogP contribution is 2.15.